The number of H-pyrrole nitrogens is 1. The van der Waals surface area contributed by atoms with Crippen molar-refractivity contribution in [3.05, 3.63) is 46.1 Å². The maximum atomic E-state index is 12.7. The second-order valence-corrected chi connectivity index (χ2v) is 8.07. The number of aromatic amines is 1. The number of carbonyl (C=O) groups excluding carboxylic acids is 1. The van der Waals surface area contributed by atoms with Gasteiger partial charge < -0.3 is 19.2 Å². The summed E-state index contributed by atoms with van der Waals surface area (Å²) in [6.45, 7) is 1.81. The number of ether oxygens (including phenoxy) is 3. The summed E-state index contributed by atoms with van der Waals surface area (Å²) in [7, 11) is 1.36. The van der Waals surface area contributed by atoms with E-state index in [1.165, 1.54) is 7.11 Å². The summed E-state index contributed by atoms with van der Waals surface area (Å²) in [5.74, 6) is -0.384. The second kappa shape index (κ2) is 12.5. The van der Waals surface area contributed by atoms with Crippen LogP contribution in [0.15, 0.2) is 30.5 Å². The van der Waals surface area contributed by atoms with Gasteiger partial charge in [-0.3, -0.25) is 19.8 Å². The van der Waals surface area contributed by atoms with Crippen LogP contribution >= 0.6 is 0 Å². The fourth-order valence-electron chi connectivity index (χ4n) is 4.11. The highest BCUT2D eigenvalue weighted by Crippen LogP contribution is 2.21. The first-order valence-electron chi connectivity index (χ1n) is 11.3. The number of para-hydroxylation sites is 1. The lowest BCUT2D eigenvalue weighted by Gasteiger charge is -2.29. The van der Waals surface area contributed by atoms with Crippen LogP contribution < -0.4 is 0 Å². The predicted octanol–water partition coefficient (Wildman–Crippen LogP) is 3.15. The first-order chi connectivity index (χ1) is 15.6. The SMILES string of the molecule is COC(=O)[C@H](Cc1c[nH]c2ccccc12)N(CCCCOC1CCCCO1)CC[N+](=O)[O-]. The Hall–Kier alpha value is -2.49. The lowest BCUT2D eigenvalue weighted by atomic mass is 10.0. The molecule has 1 unspecified atom stereocenters. The molecule has 0 amide bonds. The topological polar surface area (TPSA) is 107 Å². The minimum absolute atomic E-state index is 0.126. The fraction of sp³-hybridized carbons (Fsp3) is 0.609. The van der Waals surface area contributed by atoms with Crippen LogP contribution in [0, 0.1) is 10.1 Å². The van der Waals surface area contributed by atoms with Crippen molar-refractivity contribution in [2.75, 3.05) is 40.0 Å². The van der Waals surface area contributed by atoms with Crippen molar-refractivity contribution in [2.45, 2.75) is 50.9 Å². The molecule has 1 saturated heterocycles. The molecule has 2 atom stereocenters. The maximum Gasteiger partial charge on any atom is 0.323 e. The van der Waals surface area contributed by atoms with Gasteiger partial charge in [-0.25, -0.2) is 0 Å². The third kappa shape index (κ3) is 7.01. The molecular formula is C23H33N3O6. The molecule has 1 fully saturated rings. The molecular weight excluding hydrogens is 414 g/mol. The Kier molecular flexibility index (Phi) is 9.45. The molecule has 1 aliphatic rings. The van der Waals surface area contributed by atoms with Gasteiger partial charge >= 0.3 is 5.97 Å². The van der Waals surface area contributed by atoms with E-state index in [0.29, 0.717) is 19.6 Å². The number of rotatable bonds is 13. The van der Waals surface area contributed by atoms with Crippen molar-refractivity contribution in [1.82, 2.24) is 9.88 Å². The van der Waals surface area contributed by atoms with Crippen LogP contribution in [0.4, 0.5) is 0 Å². The largest absolute Gasteiger partial charge is 0.468 e. The molecule has 1 aliphatic heterocycles. The van der Waals surface area contributed by atoms with E-state index in [1.807, 2.05) is 35.4 Å². The number of aromatic nitrogens is 1. The number of nitrogens with one attached hydrogen (secondary N) is 1. The molecule has 2 aromatic rings. The minimum atomic E-state index is -0.596. The van der Waals surface area contributed by atoms with Crippen LogP contribution in [-0.4, -0.2) is 73.1 Å². The van der Waals surface area contributed by atoms with Crippen molar-refractivity contribution in [3.8, 4) is 0 Å². The summed E-state index contributed by atoms with van der Waals surface area (Å²) < 4.78 is 16.4. The smallest absolute Gasteiger partial charge is 0.323 e. The summed E-state index contributed by atoms with van der Waals surface area (Å²) >= 11 is 0. The van der Waals surface area contributed by atoms with Crippen molar-refractivity contribution in [1.29, 1.82) is 0 Å². The predicted molar refractivity (Wildman–Crippen MR) is 120 cm³/mol. The Morgan fingerprint density at radius 2 is 2.16 bits per heavy atom. The first kappa shape index (κ1) is 24.2. The number of hydrogen-bond donors (Lipinski definition) is 1. The van der Waals surface area contributed by atoms with E-state index in [4.69, 9.17) is 14.2 Å². The van der Waals surface area contributed by atoms with Crippen LogP contribution in [-0.2, 0) is 25.4 Å². The van der Waals surface area contributed by atoms with Crippen molar-refractivity contribution < 1.29 is 23.9 Å². The molecule has 32 heavy (non-hydrogen) atoms. The van der Waals surface area contributed by atoms with Crippen LogP contribution in [0.3, 0.4) is 0 Å². The molecule has 176 valence electrons. The van der Waals surface area contributed by atoms with Gasteiger partial charge in [-0.05, 0) is 50.3 Å². The van der Waals surface area contributed by atoms with Gasteiger partial charge in [-0.1, -0.05) is 18.2 Å². The van der Waals surface area contributed by atoms with Crippen LogP contribution in [0.1, 0.15) is 37.7 Å². The van der Waals surface area contributed by atoms with Gasteiger partial charge in [0.2, 0.25) is 6.54 Å². The number of benzene rings is 1. The number of esters is 1. The molecule has 9 nitrogen and oxygen atoms in total. The maximum absolute atomic E-state index is 12.7. The second-order valence-electron chi connectivity index (χ2n) is 8.07. The van der Waals surface area contributed by atoms with Gasteiger partial charge in [-0.15, -0.1) is 0 Å². The third-order valence-electron chi connectivity index (χ3n) is 5.85. The lowest BCUT2D eigenvalue weighted by molar-refractivity contribution is -0.480. The zero-order chi connectivity index (χ0) is 22.8. The highest BCUT2D eigenvalue weighted by atomic mass is 16.7. The molecule has 3 rings (SSSR count). The van der Waals surface area contributed by atoms with E-state index in [9.17, 15) is 14.9 Å². The molecule has 1 aromatic carbocycles. The average molecular weight is 448 g/mol. The Morgan fingerprint density at radius 1 is 1.31 bits per heavy atom. The zero-order valence-electron chi connectivity index (χ0n) is 18.7. The van der Waals surface area contributed by atoms with Gasteiger partial charge in [0.25, 0.3) is 0 Å². The summed E-state index contributed by atoms with van der Waals surface area (Å²) in [5.41, 5.74) is 1.98. The number of nitro groups is 1. The van der Waals surface area contributed by atoms with Gasteiger partial charge in [-0.2, -0.15) is 0 Å². The highest BCUT2D eigenvalue weighted by Gasteiger charge is 2.29. The summed E-state index contributed by atoms with van der Waals surface area (Å²) in [6.07, 6.45) is 6.85. The Bertz CT molecular complexity index is 864. The standard InChI is InChI=1S/C23H33N3O6/c1-30-23(27)21(16-18-17-24-20-9-3-2-8-19(18)20)25(12-13-26(28)29)11-5-7-15-32-22-10-4-6-14-31-22/h2-3,8-9,17,21-22,24H,4-7,10-16H2,1H3/t21-,22?/m0/s1. The third-order valence-corrected chi connectivity index (χ3v) is 5.85. The Balaban J connectivity index is 1.62. The Morgan fingerprint density at radius 3 is 2.91 bits per heavy atom. The summed E-state index contributed by atoms with van der Waals surface area (Å²) in [4.78, 5) is 28.4. The molecule has 0 bridgehead atoms. The highest BCUT2D eigenvalue weighted by molar-refractivity contribution is 5.84. The van der Waals surface area contributed by atoms with E-state index in [-0.39, 0.29) is 30.3 Å². The van der Waals surface area contributed by atoms with Gasteiger partial charge in [0.05, 0.1) is 13.7 Å². The van der Waals surface area contributed by atoms with Crippen molar-refractivity contribution in [2.24, 2.45) is 0 Å². The van der Waals surface area contributed by atoms with E-state index in [2.05, 4.69) is 4.98 Å². The van der Waals surface area contributed by atoms with E-state index in [0.717, 1.165) is 55.2 Å². The molecule has 1 N–H and O–H groups in total. The molecule has 9 heteroatoms. The molecule has 0 spiro atoms. The molecule has 0 saturated carbocycles. The van der Waals surface area contributed by atoms with Crippen molar-refractivity contribution >= 4 is 16.9 Å². The quantitative estimate of drug-likeness (QED) is 0.217. The molecule has 0 radical (unpaired) electrons. The van der Waals surface area contributed by atoms with Gasteiger partial charge in [0, 0.05) is 41.7 Å². The molecule has 1 aromatic heterocycles. The number of hydrogen-bond acceptors (Lipinski definition) is 7. The monoisotopic (exact) mass is 447 g/mol. The number of carbonyl (C=O) groups is 1. The summed E-state index contributed by atoms with van der Waals surface area (Å²) in [5, 5.41) is 12.1. The molecule has 2 heterocycles. The van der Waals surface area contributed by atoms with Crippen LogP contribution in [0.25, 0.3) is 10.9 Å². The number of fused-ring (bicyclic) bond motifs is 1. The van der Waals surface area contributed by atoms with Gasteiger partial charge in [0.15, 0.2) is 6.29 Å². The van der Waals surface area contributed by atoms with E-state index < -0.39 is 6.04 Å². The summed E-state index contributed by atoms with van der Waals surface area (Å²) in [6, 6.07) is 7.28. The zero-order valence-corrected chi connectivity index (χ0v) is 18.7. The first-order valence-corrected chi connectivity index (χ1v) is 11.3. The van der Waals surface area contributed by atoms with E-state index >= 15 is 0 Å². The van der Waals surface area contributed by atoms with Crippen LogP contribution in [0.5, 0.6) is 0 Å². The van der Waals surface area contributed by atoms with Gasteiger partial charge in [0.1, 0.15) is 6.04 Å². The van der Waals surface area contributed by atoms with E-state index in [1.54, 1.807) is 0 Å². The normalized spacial score (nSPS) is 17.5. The number of methoxy groups -OCH3 is 1. The fourth-order valence-corrected chi connectivity index (χ4v) is 4.11. The number of unbranched alkanes of at least 4 members (excludes halogenated alkanes) is 1. The van der Waals surface area contributed by atoms with Crippen LogP contribution in [0.2, 0.25) is 0 Å². The lowest BCUT2D eigenvalue weighted by Crippen LogP contribution is -2.46. The van der Waals surface area contributed by atoms with Crippen molar-refractivity contribution in [3.63, 3.8) is 0 Å². The number of nitrogens with zero attached hydrogens (tertiary/aromatic N) is 2. The minimum Gasteiger partial charge on any atom is -0.468 e. The Labute approximate surface area is 188 Å². The molecule has 0 aliphatic carbocycles. The average Bonchev–Trinajstić information content (AvgIpc) is 3.22.